The lowest BCUT2D eigenvalue weighted by molar-refractivity contribution is -0.151. The van der Waals surface area contributed by atoms with Crippen LogP contribution < -0.4 is 0 Å². The van der Waals surface area contributed by atoms with Gasteiger partial charge in [-0.1, -0.05) is 48.5 Å². The number of carboxylic acid groups (broad SMARTS) is 1. The van der Waals surface area contributed by atoms with Gasteiger partial charge >= 0.3 is 11.9 Å². The molecule has 1 unspecified atom stereocenters. The van der Waals surface area contributed by atoms with Gasteiger partial charge in [0.1, 0.15) is 0 Å². The van der Waals surface area contributed by atoms with E-state index in [2.05, 4.69) is 0 Å². The van der Waals surface area contributed by atoms with Crippen LogP contribution in [-0.2, 0) is 20.9 Å². The van der Waals surface area contributed by atoms with Crippen molar-refractivity contribution >= 4 is 11.9 Å². The van der Waals surface area contributed by atoms with Gasteiger partial charge in [0.2, 0.25) is 0 Å². The summed E-state index contributed by atoms with van der Waals surface area (Å²) in [5.41, 5.74) is 1.49. The van der Waals surface area contributed by atoms with Crippen molar-refractivity contribution in [1.82, 2.24) is 0 Å². The molecule has 0 amide bonds. The van der Waals surface area contributed by atoms with Crippen molar-refractivity contribution in [2.24, 2.45) is 0 Å². The molecule has 2 rings (SSSR count). The molecule has 0 fully saturated rings. The number of carboxylic acids is 1. The van der Waals surface area contributed by atoms with Crippen LogP contribution in [0.4, 0.5) is 0 Å². The first-order chi connectivity index (χ1) is 10.6. The predicted octanol–water partition coefficient (Wildman–Crippen LogP) is 2.82. The Hall–Kier alpha value is -2.66. The highest BCUT2D eigenvalue weighted by atomic mass is 16.5. The second-order valence-corrected chi connectivity index (χ2v) is 4.59. The molecule has 114 valence electrons. The van der Waals surface area contributed by atoms with Gasteiger partial charge in [0.25, 0.3) is 0 Å². The standard InChI is InChI=1S/C17H16O5/c1-21-17(20)14-10-6-5-9-13(14)11-22-15(16(18)19)12-7-3-2-4-8-12/h2-10,15H,11H2,1H3,(H,18,19). The lowest BCUT2D eigenvalue weighted by Crippen LogP contribution is -2.16. The van der Waals surface area contributed by atoms with Gasteiger partial charge < -0.3 is 14.6 Å². The maximum atomic E-state index is 11.7. The molecule has 5 heteroatoms. The second kappa shape index (κ2) is 7.38. The Balaban J connectivity index is 2.17. The summed E-state index contributed by atoms with van der Waals surface area (Å²) in [6, 6.07) is 15.4. The molecule has 1 N–H and O–H groups in total. The highest BCUT2D eigenvalue weighted by molar-refractivity contribution is 5.90. The van der Waals surface area contributed by atoms with E-state index in [4.69, 9.17) is 9.47 Å². The third-order valence-corrected chi connectivity index (χ3v) is 3.15. The second-order valence-electron chi connectivity index (χ2n) is 4.59. The number of hydrogen-bond acceptors (Lipinski definition) is 4. The largest absolute Gasteiger partial charge is 0.479 e. The molecule has 0 spiro atoms. The Morgan fingerprint density at radius 2 is 1.68 bits per heavy atom. The highest BCUT2D eigenvalue weighted by Gasteiger charge is 2.21. The first-order valence-electron chi connectivity index (χ1n) is 6.69. The summed E-state index contributed by atoms with van der Waals surface area (Å²) in [6.07, 6.45) is -1.09. The molecular formula is C17H16O5. The van der Waals surface area contributed by atoms with Crippen molar-refractivity contribution in [3.63, 3.8) is 0 Å². The maximum Gasteiger partial charge on any atom is 0.338 e. The quantitative estimate of drug-likeness (QED) is 0.830. The zero-order valence-corrected chi connectivity index (χ0v) is 12.1. The number of carbonyl (C=O) groups excluding carboxylic acids is 1. The smallest absolute Gasteiger partial charge is 0.338 e. The van der Waals surface area contributed by atoms with Gasteiger partial charge in [-0.05, 0) is 17.2 Å². The molecule has 0 saturated carbocycles. The molecule has 0 saturated heterocycles. The van der Waals surface area contributed by atoms with Crippen LogP contribution in [0.1, 0.15) is 27.6 Å². The van der Waals surface area contributed by atoms with Crippen LogP contribution in [0.3, 0.4) is 0 Å². The van der Waals surface area contributed by atoms with Crippen molar-refractivity contribution < 1.29 is 24.2 Å². The van der Waals surface area contributed by atoms with Gasteiger partial charge in [-0.15, -0.1) is 0 Å². The minimum atomic E-state index is -1.09. The summed E-state index contributed by atoms with van der Waals surface area (Å²) in [5, 5.41) is 9.31. The number of hydrogen-bond donors (Lipinski definition) is 1. The summed E-state index contributed by atoms with van der Waals surface area (Å²) < 4.78 is 10.2. The monoisotopic (exact) mass is 300 g/mol. The van der Waals surface area contributed by atoms with Crippen LogP contribution in [0.2, 0.25) is 0 Å². The molecule has 2 aromatic carbocycles. The Morgan fingerprint density at radius 3 is 2.32 bits per heavy atom. The average Bonchev–Trinajstić information content (AvgIpc) is 2.55. The maximum absolute atomic E-state index is 11.7. The average molecular weight is 300 g/mol. The number of rotatable bonds is 6. The normalized spacial score (nSPS) is 11.7. The lowest BCUT2D eigenvalue weighted by atomic mass is 10.1. The first-order valence-corrected chi connectivity index (χ1v) is 6.69. The van der Waals surface area contributed by atoms with E-state index in [0.29, 0.717) is 16.7 Å². The third kappa shape index (κ3) is 3.71. The molecule has 0 radical (unpaired) electrons. The van der Waals surface area contributed by atoms with Gasteiger partial charge in [-0.25, -0.2) is 9.59 Å². The molecule has 2 aromatic rings. The molecule has 1 atom stereocenters. The number of aliphatic carboxylic acids is 1. The van der Waals surface area contributed by atoms with E-state index in [0.717, 1.165) is 0 Å². The van der Waals surface area contributed by atoms with Crippen molar-refractivity contribution in [1.29, 1.82) is 0 Å². The van der Waals surface area contributed by atoms with Gasteiger partial charge in [-0.3, -0.25) is 0 Å². The molecule has 22 heavy (non-hydrogen) atoms. The van der Waals surface area contributed by atoms with Gasteiger partial charge in [0.05, 0.1) is 19.3 Å². The summed E-state index contributed by atoms with van der Waals surface area (Å²) in [6.45, 7) is -0.00284. The fraction of sp³-hybridized carbons (Fsp3) is 0.176. The summed E-state index contributed by atoms with van der Waals surface area (Å²) in [5.74, 6) is -1.56. The van der Waals surface area contributed by atoms with Crippen LogP contribution in [0.15, 0.2) is 54.6 Å². The van der Waals surface area contributed by atoms with Crippen LogP contribution in [0, 0.1) is 0 Å². The van der Waals surface area contributed by atoms with Crippen molar-refractivity contribution in [3.8, 4) is 0 Å². The van der Waals surface area contributed by atoms with Gasteiger partial charge in [-0.2, -0.15) is 0 Å². The number of esters is 1. The number of benzene rings is 2. The summed E-state index contributed by atoms with van der Waals surface area (Å²) in [4.78, 5) is 23.1. The number of carbonyl (C=O) groups is 2. The fourth-order valence-electron chi connectivity index (χ4n) is 2.07. The number of ether oxygens (including phenoxy) is 2. The summed E-state index contributed by atoms with van der Waals surface area (Å²) >= 11 is 0. The molecule has 0 bridgehead atoms. The molecular weight excluding hydrogens is 284 g/mol. The minimum Gasteiger partial charge on any atom is -0.479 e. The van der Waals surface area contributed by atoms with Crippen LogP contribution >= 0.6 is 0 Å². The Bertz CT molecular complexity index is 651. The molecule has 5 nitrogen and oxygen atoms in total. The predicted molar refractivity (Wildman–Crippen MR) is 79.4 cm³/mol. The highest BCUT2D eigenvalue weighted by Crippen LogP contribution is 2.21. The molecule has 0 aliphatic heterocycles. The molecule has 0 aromatic heterocycles. The number of methoxy groups -OCH3 is 1. The van der Waals surface area contributed by atoms with E-state index in [9.17, 15) is 14.7 Å². The van der Waals surface area contributed by atoms with E-state index < -0.39 is 18.0 Å². The Kier molecular flexibility index (Phi) is 5.27. The zero-order chi connectivity index (χ0) is 15.9. The molecule has 0 aliphatic rings. The molecule has 0 aliphatic carbocycles. The van der Waals surface area contributed by atoms with E-state index in [1.54, 1.807) is 54.6 Å². The van der Waals surface area contributed by atoms with E-state index in [-0.39, 0.29) is 6.61 Å². The van der Waals surface area contributed by atoms with Gasteiger partial charge in [0, 0.05) is 0 Å². The SMILES string of the molecule is COC(=O)c1ccccc1COC(C(=O)O)c1ccccc1. The Morgan fingerprint density at radius 1 is 1.05 bits per heavy atom. The topological polar surface area (TPSA) is 72.8 Å². The minimum absolute atomic E-state index is 0.00284. The van der Waals surface area contributed by atoms with E-state index >= 15 is 0 Å². The van der Waals surface area contributed by atoms with Crippen LogP contribution in [0.5, 0.6) is 0 Å². The fourth-order valence-corrected chi connectivity index (χ4v) is 2.07. The van der Waals surface area contributed by atoms with Crippen LogP contribution in [-0.4, -0.2) is 24.2 Å². The molecule has 0 heterocycles. The third-order valence-electron chi connectivity index (χ3n) is 3.15. The van der Waals surface area contributed by atoms with Crippen LogP contribution in [0.25, 0.3) is 0 Å². The summed E-state index contributed by atoms with van der Waals surface area (Å²) in [7, 11) is 1.30. The van der Waals surface area contributed by atoms with E-state index in [1.807, 2.05) is 0 Å². The van der Waals surface area contributed by atoms with Crippen molar-refractivity contribution in [2.45, 2.75) is 12.7 Å². The van der Waals surface area contributed by atoms with Crippen molar-refractivity contribution in [2.75, 3.05) is 7.11 Å². The zero-order valence-electron chi connectivity index (χ0n) is 12.1. The lowest BCUT2D eigenvalue weighted by Gasteiger charge is -2.15. The van der Waals surface area contributed by atoms with Gasteiger partial charge in [0.15, 0.2) is 6.10 Å². The van der Waals surface area contributed by atoms with E-state index in [1.165, 1.54) is 7.11 Å². The Labute approximate surface area is 128 Å². The van der Waals surface area contributed by atoms with Crippen molar-refractivity contribution in [3.05, 3.63) is 71.3 Å². The first kappa shape index (κ1) is 15.7.